The highest BCUT2D eigenvalue weighted by Gasteiger charge is 2.22. The van der Waals surface area contributed by atoms with E-state index < -0.39 is 19.9 Å². The van der Waals surface area contributed by atoms with Crippen molar-refractivity contribution in [3.8, 4) is 0 Å². The van der Waals surface area contributed by atoms with Gasteiger partial charge in [-0.3, -0.25) is 0 Å². The maximum absolute atomic E-state index is 12.4. The Morgan fingerprint density at radius 3 is 2.28 bits per heavy atom. The van der Waals surface area contributed by atoms with Gasteiger partial charge in [-0.1, -0.05) is 42.5 Å². The van der Waals surface area contributed by atoms with E-state index >= 15 is 0 Å². The molecule has 0 saturated heterocycles. The quantitative estimate of drug-likeness (QED) is 0.838. The Balaban J connectivity index is 1.68. The molecule has 0 radical (unpaired) electrons. The highest BCUT2D eigenvalue weighted by Crippen LogP contribution is 2.26. The number of aryl methyl sites for hydroxylation is 1. The van der Waals surface area contributed by atoms with Crippen LogP contribution in [0.1, 0.15) is 17.5 Å². The van der Waals surface area contributed by atoms with Crippen molar-refractivity contribution in [1.29, 1.82) is 0 Å². The fourth-order valence-corrected chi connectivity index (χ4v) is 5.28. The zero-order chi connectivity index (χ0) is 17.9. The lowest BCUT2D eigenvalue weighted by Gasteiger charge is -2.17. The van der Waals surface area contributed by atoms with Gasteiger partial charge in [0.25, 0.3) is 0 Å². The van der Waals surface area contributed by atoms with Gasteiger partial charge in [0.15, 0.2) is 9.84 Å². The Labute approximate surface area is 148 Å². The Morgan fingerprint density at radius 2 is 1.52 bits per heavy atom. The molecule has 1 aliphatic carbocycles. The Morgan fingerprint density at radius 1 is 0.840 bits per heavy atom. The zero-order valence-corrected chi connectivity index (χ0v) is 15.2. The van der Waals surface area contributed by atoms with E-state index in [1.54, 1.807) is 24.3 Å². The minimum atomic E-state index is -3.68. The molecule has 25 heavy (non-hydrogen) atoms. The minimum Gasteiger partial charge on any atom is -0.224 e. The van der Waals surface area contributed by atoms with Crippen LogP contribution in [0.4, 0.5) is 0 Å². The van der Waals surface area contributed by atoms with Crippen molar-refractivity contribution < 1.29 is 16.8 Å². The van der Waals surface area contributed by atoms with Crippen LogP contribution >= 0.6 is 0 Å². The van der Waals surface area contributed by atoms with E-state index in [0.717, 1.165) is 11.1 Å². The second-order valence-corrected chi connectivity index (χ2v) is 9.77. The van der Waals surface area contributed by atoms with Crippen LogP contribution in [-0.4, -0.2) is 29.1 Å². The summed E-state index contributed by atoms with van der Waals surface area (Å²) in [5.41, 5.74) is 2.01. The lowest BCUT2D eigenvalue weighted by atomic mass is 9.98. The molecule has 0 aliphatic heterocycles. The standard InChI is InChI=1S/C18H19NO4S2/c20-24(21,17-8-2-1-3-9-17)13-12-19-25(22,23)18-11-10-15-6-4-5-7-16(15)14-18/h1-9,14,19H,10-13H2. The predicted octanol–water partition coefficient (Wildman–Crippen LogP) is 2.37. The molecular formula is C18H19NO4S2. The van der Waals surface area contributed by atoms with E-state index in [0.29, 0.717) is 17.7 Å². The number of sulfone groups is 1. The first-order valence-corrected chi connectivity index (χ1v) is 11.1. The molecule has 3 rings (SSSR count). The third-order valence-electron chi connectivity index (χ3n) is 4.12. The molecule has 132 valence electrons. The number of hydrogen-bond donors (Lipinski definition) is 1. The summed E-state index contributed by atoms with van der Waals surface area (Å²) in [6.45, 7) is -0.154. The highest BCUT2D eigenvalue weighted by atomic mass is 32.2. The Bertz CT molecular complexity index is 994. The zero-order valence-electron chi connectivity index (χ0n) is 13.6. The SMILES string of the molecule is O=S(=O)(NCCS(=O)(=O)c1ccccc1)C1=Cc2ccccc2CC1. The van der Waals surface area contributed by atoms with Crippen LogP contribution in [0.3, 0.4) is 0 Å². The third kappa shape index (κ3) is 4.18. The largest absolute Gasteiger partial charge is 0.236 e. The highest BCUT2D eigenvalue weighted by molar-refractivity contribution is 7.93. The van der Waals surface area contributed by atoms with Crippen molar-refractivity contribution in [1.82, 2.24) is 4.72 Å². The average Bonchev–Trinajstić information content (AvgIpc) is 2.61. The van der Waals surface area contributed by atoms with Crippen molar-refractivity contribution in [3.63, 3.8) is 0 Å². The summed E-state index contributed by atoms with van der Waals surface area (Å²) in [6.07, 6.45) is 2.73. The fraction of sp³-hybridized carbons (Fsp3) is 0.222. The van der Waals surface area contributed by atoms with Crippen LogP contribution in [0, 0.1) is 0 Å². The van der Waals surface area contributed by atoms with Crippen molar-refractivity contribution in [2.75, 3.05) is 12.3 Å². The summed E-state index contributed by atoms with van der Waals surface area (Å²) in [7, 11) is -7.19. The van der Waals surface area contributed by atoms with E-state index in [-0.39, 0.29) is 17.2 Å². The molecule has 7 heteroatoms. The third-order valence-corrected chi connectivity index (χ3v) is 7.45. The number of rotatable bonds is 6. The normalized spacial score (nSPS) is 14.6. The lowest BCUT2D eigenvalue weighted by Crippen LogP contribution is -2.30. The first kappa shape index (κ1) is 17.8. The molecule has 0 spiro atoms. The number of fused-ring (bicyclic) bond motifs is 1. The molecule has 2 aromatic carbocycles. The summed E-state index contributed by atoms with van der Waals surface area (Å²) in [5, 5.41) is 0. The van der Waals surface area contributed by atoms with Gasteiger partial charge in [-0.25, -0.2) is 21.6 Å². The van der Waals surface area contributed by atoms with Gasteiger partial charge in [-0.15, -0.1) is 0 Å². The van der Waals surface area contributed by atoms with Crippen molar-refractivity contribution in [2.24, 2.45) is 0 Å². The topological polar surface area (TPSA) is 80.3 Å². The average molecular weight is 377 g/mol. The fourth-order valence-electron chi connectivity index (χ4n) is 2.77. The summed E-state index contributed by atoms with van der Waals surface area (Å²) < 4.78 is 51.7. The number of allylic oxidation sites excluding steroid dienone is 1. The molecule has 0 heterocycles. The van der Waals surface area contributed by atoms with Gasteiger partial charge in [0.2, 0.25) is 10.0 Å². The second kappa shape index (κ2) is 7.11. The molecule has 1 N–H and O–H groups in total. The lowest BCUT2D eigenvalue weighted by molar-refractivity contribution is 0.584. The van der Waals surface area contributed by atoms with Gasteiger partial charge < -0.3 is 0 Å². The molecule has 0 saturated carbocycles. The van der Waals surface area contributed by atoms with E-state index in [1.165, 1.54) is 12.1 Å². The molecule has 0 unspecified atom stereocenters. The van der Waals surface area contributed by atoms with Gasteiger partial charge in [-0.2, -0.15) is 0 Å². The maximum Gasteiger partial charge on any atom is 0.236 e. The van der Waals surface area contributed by atoms with Crippen LogP contribution < -0.4 is 4.72 Å². The van der Waals surface area contributed by atoms with Gasteiger partial charge >= 0.3 is 0 Å². The van der Waals surface area contributed by atoms with E-state index in [4.69, 9.17) is 0 Å². The summed E-state index contributed by atoms with van der Waals surface area (Å²) >= 11 is 0. The van der Waals surface area contributed by atoms with Gasteiger partial charge in [0.05, 0.1) is 15.6 Å². The summed E-state index contributed by atoms with van der Waals surface area (Å²) in [5.74, 6) is -0.278. The first-order chi connectivity index (χ1) is 11.9. The van der Waals surface area contributed by atoms with Crippen molar-refractivity contribution in [2.45, 2.75) is 17.7 Å². The van der Waals surface area contributed by atoms with Crippen LogP contribution in [0.15, 0.2) is 64.4 Å². The van der Waals surface area contributed by atoms with Crippen molar-refractivity contribution in [3.05, 3.63) is 70.6 Å². The van der Waals surface area contributed by atoms with Crippen LogP contribution in [-0.2, 0) is 26.3 Å². The van der Waals surface area contributed by atoms with Gasteiger partial charge in [-0.05, 0) is 42.2 Å². The monoisotopic (exact) mass is 377 g/mol. The molecule has 0 amide bonds. The van der Waals surface area contributed by atoms with Gasteiger partial charge in [0, 0.05) is 6.54 Å². The number of hydrogen-bond acceptors (Lipinski definition) is 4. The maximum atomic E-state index is 12.4. The smallest absolute Gasteiger partial charge is 0.224 e. The molecular weight excluding hydrogens is 358 g/mol. The predicted molar refractivity (Wildman–Crippen MR) is 98.2 cm³/mol. The molecule has 0 bridgehead atoms. The van der Waals surface area contributed by atoms with E-state index in [9.17, 15) is 16.8 Å². The van der Waals surface area contributed by atoms with Crippen LogP contribution in [0.25, 0.3) is 6.08 Å². The minimum absolute atomic E-state index is 0.154. The first-order valence-electron chi connectivity index (χ1n) is 7.94. The van der Waals surface area contributed by atoms with E-state index in [1.807, 2.05) is 24.3 Å². The second-order valence-electron chi connectivity index (χ2n) is 5.84. The summed E-state index contributed by atoms with van der Waals surface area (Å²) in [4.78, 5) is 0.489. The Kier molecular flexibility index (Phi) is 5.08. The molecule has 2 aromatic rings. The molecule has 1 aliphatic rings. The van der Waals surface area contributed by atoms with Crippen molar-refractivity contribution >= 4 is 25.9 Å². The van der Waals surface area contributed by atoms with Gasteiger partial charge in [0.1, 0.15) is 0 Å². The number of sulfonamides is 1. The molecule has 0 aromatic heterocycles. The molecule has 0 atom stereocenters. The van der Waals surface area contributed by atoms with E-state index in [2.05, 4.69) is 4.72 Å². The van der Waals surface area contributed by atoms with Crippen LogP contribution in [0.2, 0.25) is 0 Å². The van der Waals surface area contributed by atoms with Crippen LogP contribution in [0.5, 0.6) is 0 Å². The Hall–Kier alpha value is -1.96. The number of nitrogens with one attached hydrogen (secondary N) is 1. The molecule has 5 nitrogen and oxygen atoms in total. The molecule has 0 fully saturated rings. The number of benzene rings is 2. The summed E-state index contributed by atoms with van der Waals surface area (Å²) in [6, 6.07) is 15.7.